The quantitative estimate of drug-likeness (QED) is 0.415. The Balaban J connectivity index is 0.00000256. The van der Waals surface area contributed by atoms with Crippen molar-refractivity contribution in [3.05, 3.63) is 29.6 Å². The molecule has 1 aromatic rings. The van der Waals surface area contributed by atoms with Gasteiger partial charge in [0.1, 0.15) is 5.82 Å². The molecule has 17 heavy (non-hydrogen) atoms. The van der Waals surface area contributed by atoms with Gasteiger partial charge in [-0.3, -0.25) is 0 Å². The molecular weight excluding hydrogens is 257 g/mol. The SMILES string of the molecule is N#C[B-](C#N)(C#[NH+])c1c(F)ccc(F)c1F.[K+]. The van der Waals surface area contributed by atoms with E-state index < -0.39 is 29.1 Å². The molecule has 0 radical (unpaired) electrons. The topological polar surface area (TPSA) is 71.4 Å². The monoisotopic (exact) mass is 260 g/mol. The number of rotatable bonds is 1. The number of nitrogens with zero attached hydrogens (tertiary/aromatic N) is 2. The average molecular weight is 260 g/mol. The Morgan fingerprint density at radius 2 is 1.53 bits per heavy atom. The largest absolute Gasteiger partial charge is 1.00 e. The van der Waals surface area contributed by atoms with Crippen molar-refractivity contribution in [1.29, 1.82) is 10.5 Å². The first-order valence-electron chi connectivity index (χ1n) is 4.08. The van der Waals surface area contributed by atoms with E-state index in [0.717, 1.165) is 0 Å². The van der Waals surface area contributed by atoms with Crippen LogP contribution in [0.5, 0.6) is 0 Å². The van der Waals surface area contributed by atoms with Crippen LogP contribution >= 0.6 is 0 Å². The molecule has 0 saturated carbocycles. The van der Waals surface area contributed by atoms with E-state index in [-0.39, 0.29) is 51.4 Å². The Labute approximate surface area is 138 Å². The second-order valence-electron chi connectivity index (χ2n) is 3.03. The van der Waals surface area contributed by atoms with E-state index in [2.05, 4.69) is 0 Å². The molecule has 8 heteroatoms. The molecule has 0 aromatic heterocycles. The van der Waals surface area contributed by atoms with Crippen molar-refractivity contribution in [3.63, 3.8) is 0 Å². The van der Waals surface area contributed by atoms with Crippen LogP contribution in [0.15, 0.2) is 12.1 Å². The van der Waals surface area contributed by atoms with Gasteiger partial charge in [0.05, 0.1) is 11.8 Å². The van der Waals surface area contributed by atoms with Gasteiger partial charge in [0.15, 0.2) is 5.82 Å². The molecule has 78 valence electrons. The van der Waals surface area contributed by atoms with Crippen LogP contribution in [0.3, 0.4) is 0 Å². The Bertz CT molecular complexity index is 535. The first-order chi connectivity index (χ1) is 7.52. The predicted molar refractivity (Wildman–Crippen MR) is 47.8 cm³/mol. The summed E-state index contributed by atoms with van der Waals surface area (Å²) in [5.41, 5.74) is -1.06. The van der Waals surface area contributed by atoms with E-state index >= 15 is 0 Å². The summed E-state index contributed by atoms with van der Waals surface area (Å²) in [4.78, 5) is 0. The van der Waals surface area contributed by atoms with Crippen molar-refractivity contribution >= 4 is 11.6 Å². The molecule has 0 bridgehead atoms. The molecule has 0 fully saturated rings. The molecule has 0 aliphatic heterocycles. The minimum absolute atomic E-state index is 0. The van der Waals surface area contributed by atoms with Gasteiger partial charge in [0.25, 0.3) is 0 Å². The smallest absolute Gasteiger partial charge is 0.246 e. The fraction of sp³-hybridized carbons (Fsp3) is 0. The summed E-state index contributed by atoms with van der Waals surface area (Å²) < 4.78 is 39.4. The fourth-order valence-corrected chi connectivity index (χ4v) is 1.23. The van der Waals surface area contributed by atoms with Crippen molar-refractivity contribution < 1.29 is 69.8 Å². The van der Waals surface area contributed by atoms with Crippen LogP contribution in [-0.4, -0.2) is 6.15 Å². The third-order valence-electron chi connectivity index (χ3n) is 2.12. The molecule has 0 heterocycles. The number of hydrogen-bond donors (Lipinski definition) is 1. The van der Waals surface area contributed by atoms with Crippen LogP contribution < -0.4 is 62.1 Å². The molecule has 0 spiro atoms. The van der Waals surface area contributed by atoms with E-state index in [1.807, 2.05) is 0 Å². The Morgan fingerprint density at radius 1 is 1.06 bits per heavy atom. The Kier molecular flexibility index (Phi) is 5.91. The van der Waals surface area contributed by atoms with Crippen LogP contribution in [-0.2, 0) is 0 Å². The van der Waals surface area contributed by atoms with Gasteiger partial charge in [0.2, 0.25) is 0 Å². The van der Waals surface area contributed by atoms with Crippen molar-refractivity contribution in [2.24, 2.45) is 0 Å². The first kappa shape index (κ1) is 16.2. The summed E-state index contributed by atoms with van der Waals surface area (Å²) in [6.07, 6.45) is -3.29. The molecule has 0 unspecified atom stereocenters. The van der Waals surface area contributed by atoms with Gasteiger partial charge >= 0.3 is 57.5 Å². The first-order valence-corrected chi connectivity index (χ1v) is 4.08. The molecule has 0 saturated heterocycles. The minimum Gasteiger partial charge on any atom is -0.246 e. The molecule has 3 nitrogen and oxygen atoms in total. The van der Waals surface area contributed by atoms with Gasteiger partial charge in [-0.2, -0.15) is 0 Å². The third kappa shape index (κ3) is 2.71. The molecule has 0 aliphatic rings. The van der Waals surface area contributed by atoms with Crippen LogP contribution in [0.4, 0.5) is 13.2 Å². The maximum atomic E-state index is 13.3. The normalized spacial score (nSPS) is 9.41. The predicted octanol–water partition coefficient (Wildman–Crippen LogP) is -3.80. The molecule has 0 atom stereocenters. The summed E-state index contributed by atoms with van der Waals surface area (Å²) in [5, 5.41) is 24.2. The number of benzene rings is 1. The number of nitrogens with one attached hydrogen (secondary N) is 1. The second kappa shape index (κ2) is 6.21. The van der Waals surface area contributed by atoms with Gasteiger partial charge in [-0.15, -0.1) is 17.2 Å². The summed E-state index contributed by atoms with van der Waals surface area (Å²) in [7, 11) is 0. The molecule has 0 amide bonds. The van der Waals surface area contributed by atoms with E-state index in [0.29, 0.717) is 12.1 Å². The minimum atomic E-state index is -3.29. The van der Waals surface area contributed by atoms with Crippen molar-refractivity contribution in [2.75, 3.05) is 0 Å². The summed E-state index contributed by atoms with van der Waals surface area (Å²) in [5.74, 6) is -0.194. The molecular formula is C9H3BF3KN3+. The van der Waals surface area contributed by atoms with E-state index in [9.17, 15) is 13.2 Å². The van der Waals surface area contributed by atoms with Crippen LogP contribution in [0.25, 0.3) is 0 Å². The van der Waals surface area contributed by atoms with E-state index in [1.54, 1.807) is 0 Å². The van der Waals surface area contributed by atoms with Crippen LogP contribution in [0, 0.1) is 45.9 Å². The Hall–Kier alpha value is -0.819. The number of halogens is 3. The second-order valence-corrected chi connectivity index (χ2v) is 3.03. The maximum Gasteiger partial charge on any atom is 1.00 e. The molecule has 1 rings (SSSR count). The van der Waals surface area contributed by atoms with Gasteiger partial charge in [-0.25, -0.2) is 23.7 Å². The standard InChI is InChI=1S/C9H2BF3N3.K/c11-6-1-2-7(12)9(13)8(6)10(3-14,4-15)5-16;/h1-2H;/q-1;+1/p+1. The number of hydrogen-bond acceptors (Lipinski definition) is 2. The van der Waals surface area contributed by atoms with E-state index in [1.165, 1.54) is 17.9 Å². The van der Waals surface area contributed by atoms with Crippen LogP contribution in [0.2, 0.25) is 0 Å². The molecule has 1 aromatic carbocycles. The summed E-state index contributed by atoms with van der Waals surface area (Å²) in [6, 6.07) is 1.13. The zero-order valence-electron chi connectivity index (χ0n) is 8.76. The van der Waals surface area contributed by atoms with Crippen molar-refractivity contribution in [1.82, 2.24) is 0 Å². The van der Waals surface area contributed by atoms with Crippen molar-refractivity contribution in [2.45, 2.75) is 0 Å². The summed E-state index contributed by atoms with van der Waals surface area (Å²) >= 11 is 0. The molecule has 0 aliphatic carbocycles. The molecule has 1 N–H and O–H groups in total. The van der Waals surface area contributed by atoms with Crippen molar-refractivity contribution in [3.8, 4) is 17.9 Å². The van der Waals surface area contributed by atoms with E-state index in [4.69, 9.17) is 15.8 Å². The zero-order valence-corrected chi connectivity index (χ0v) is 11.9. The van der Waals surface area contributed by atoms with Gasteiger partial charge in [0, 0.05) is 0 Å². The number of nitriles is 2. The average Bonchev–Trinajstić information content (AvgIpc) is 2.30. The van der Waals surface area contributed by atoms with Gasteiger partial charge < -0.3 is 0 Å². The zero-order chi connectivity index (χ0) is 12.3. The fourth-order valence-electron chi connectivity index (χ4n) is 1.23. The Morgan fingerprint density at radius 3 is 1.94 bits per heavy atom. The summed E-state index contributed by atoms with van der Waals surface area (Å²) in [6.45, 7) is 0. The van der Waals surface area contributed by atoms with Gasteiger partial charge in [-0.05, 0) is 12.1 Å². The third-order valence-corrected chi connectivity index (χ3v) is 2.12. The van der Waals surface area contributed by atoms with Crippen LogP contribution in [0.1, 0.15) is 0 Å². The van der Waals surface area contributed by atoms with Gasteiger partial charge in [-0.1, -0.05) is 5.46 Å². The maximum absolute atomic E-state index is 13.3.